The van der Waals surface area contributed by atoms with Crippen molar-refractivity contribution in [1.29, 1.82) is 0 Å². The van der Waals surface area contributed by atoms with Gasteiger partial charge in [0, 0.05) is 6.42 Å². The Morgan fingerprint density at radius 2 is 2.12 bits per heavy atom. The number of aliphatic hydroxyl groups is 1. The van der Waals surface area contributed by atoms with E-state index in [2.05, 4.69) is 9.47 Å². The number of aliphatic hydroxyl groups excluding tert-OH is 1. The third-order valence-electron chi connectivity index (χ3n) is 2.00. The Bertz CT molecular complexity index is 384. The smallest absolute Gasteiger partial charge is 0.348 e. The predicted molar refractivity (Wildman–Crippen MR) is 57.4 cm³/mol. The van der Waals surface area contributed by atoms with Crippen LogP contribution >= 0.6 is 11.3 Å². The van der Waals surface area contributed by atoms with Crippen LogP contribution in [0.25, 0.3) is 0 Å². The van der Waals surface area contributed by atoms with E-state index in [1.54, 1.807) is 11.4 Å². The van der Waals surface area contributed by atoms with Gasteiger partial charge in [-0.05, 0) is 17.0 Å². The highest BCUT2D eigenvalue weighted by Gasteiger charge is 2.21. The molecule has 0 radical (unpaired) electrons. The molecule has 0 aromatic carbocycles. The first-order chi connectivity index (χ1) is 7.60. The van der Waals surface area contributed by atoms with Crippen LogP contribution in [0.2, 0.25) is 0 Å². The van der Waals surface area contributed by atoms with Crippen molar-refractivity contribution in [1.82, 2.24) is 0 Å². The second-order valence-electron chi connectivity index (χ2n) is 3.01. The molecule has 0 aliphatic heterocycles. The lowest BCUT2D eigenvalue weighted by atomic mass is 10.1. The summed E-state index contributed by atoms with van der Waals surface area (Å²) in [6.07, 6.45) is -1.22. The van der Waals surface area contributed by atoms with Crippen molar-refractivity contribution in [3.8, 4) is 0 Å². The number of hydrogen-bond acceptors (Lipinski definition) is 6. The zero-order chi connectivity index (χ0) is 12.1. The molecule has 0 saturated carbocycles. The normalized spacial score (nSPS) is 11.9. The largest absolute Gasteiger partial charge is 0.467 e. The van der Waals surface area contributed by atoms with E-state index in [4.69, 9.17) is 0 Å². The Kier molecular flexibility index (Phi) is 4.45. The van der Waals surface area contributed by atoms with Gasteiger partial charge in [-0.15, -0.1) is 11.3 Å². The van der Waals surface area contributed by atoms with Crippen LogP contribution in [0.15, 0.2) is 11.4 Å². The second kappa shape index (κ2) is 5.62. The van der Waals surface area contributed by atoms with E-state index >= 15 is 0 Å². The maximum absolute atomic E-state index is 11.3. The minimum atomic E-state index is -1.26. The number of carbonyl (C=O) groups excluding carboxylic acids is 2. The Balaban J connectivity index is 2.78. The molecule has 88 valence electrons. The summed E-state index contributed by atoms with van der Waals surface area (Å²) < 4.78 is 8.96. The highest BCUT2D eigenvalue weighted by atomic mass is 32.1. The zero-order valence-electron chi connectivity index (χ0n) is 8.93. The molecule has 1 aromatic rings. The third kappa shape index (κ3) is 2.80. The van der Waals surface area contributed by atoms with E-state index in [1.165, 1.54) is 25.6 Å². The van der Waals surface area contributed by atoms with Crippen molar-refractivity contribution in [2.45, 2.75) is 12.5 Å². The number of rotatable bonds is 4. The van der Waals surface area contributed by atoms with Crippen molar-refractivity contribution < 1.29 is 24.2 Å². The summed E-state index contributed by atoms with van der Waals surface area (Å²) in [5.41, 5.74) is 0.578. The number of hydrogen-bond donors (Lipinski definition) is 1. The Hall–Kier alpha value is -1.40. The van der Waals surface area contributed by atoms with Gasteiger partial charge < -0.3 is 14.6 Å². The van der Waals surface area contributed by atoms with Gasteiger partial charge in [-0.25, -0.2) is 9.59 Å². The van der Waals surface area contributed by atoms with Crippen LogP contribution in [0.3, 0.4) is 0 Å². The number of esters is 2. The number of ether oxygens (including phenoxy) is 2. The van der Waals surface area contributed by atoms with Gasteiger partial charge in [-0.2, -0.15) is 0 Å². The SMILES string of the molecule is COC(=O)c1sccc1CC(O)C(=O)OC. The van der Waals surface area contributed by atoms with Gasteiger partial charge in [0.1, 0.15) is 4.88 Å². The van der Waals surface area contributed by atoms with Gasteiger partial charge >= 0.3 is 11.9 Å². The minimum Gasteiger partial charge on any atom is -0.467 e. The van der Waals surface area contributed by atoms with Crippen LogP contribution in [0.1, 0.15) is 15.2 Å². The first-order valence-electron chi connectivity index (χ1n) is 4.50. The first kappa shape index (κ1) is 12.7. The van der Waals surface area contributed by atoms with Crippen LogP contribution in [0.5, 0.6) is 0 Å². The topological polar surface area (TPSA) is 72.8 Å². The molecule has 1 unspecified atom stereocenters. The van der Waals surface area contributed by atoms with Gasteiger partial charge in [0.25, 0.3) is 0 Å². The Morgan fingerprint density at radius 3 is 2.69 bits per heavy atom. The summed E-state index contributed by atoms with van der Waals surface area (Å²) in [7, 11) is 2.48. The van der Waals surface area contributed by atoms with Gasteiger partial charge in [0.15, 0.2) is 6.10 Å². The Labute approximate surface area is 96.6 Å². The van der Waals surface area contributed by atoms with E-state index in [0.29, 0.717) is 10.4 Å². The average molecular weight is 244 g/mol. The van der Waals surface area contributed by atoms with Crippen molar-refractivity contribution in [3.05, 3.63) is 21.9 Å². The van der Waals surface area contributed by atoms with Crippen molar-refractivity contribution in [2.24, 2.45) is 0 Å². The molecular weight excluding hydrogens is 232 g/mol. The summed E-state index contributed by atoms with van der Waals surface area (Å²) in [5, 5.41) is 11.1. The van der Waals surface area contributed by atoms with Crippen LogP contribution in [0, 0.1) is 0 Å². The summed E-state index contributed by atoms with van der Waals surface area (Å²) >= 11 is 1.21. The summed E-state index contributed by atoms with van der Waals surface area (Å²) in [5.74, 6) is -1.19. The maximum Gasteiger partial charge on any atom is 0.348 e. The maximum atomic E-state index is 11.3. The molecule has 0 aliphatic carbocycles. The third-order valence-corrected chi connectivity index (χ3v) is 2.94. The molecule has 1 heterocycles. The van der Waals surface area contributed by atoms with Crippen molar-refractivity contribution >= 4 is 23.3 Å². The van der Waals surface area contributed by atoms with Crippen LogP contribution in [0.4, 0.5) is 0 Å². The van der Waals surface area contributed by atoms with E-state index in [1.807, 2.05) is 0 Å². The van der Waals surface area contributed by atoms with Gasteiger partial charge in [0.2, 0.25) is 0 Å². The fourth-order valence-corrected chi connectivity index (χ4v) is 2.05. The lowest BCUT2D eigenvalue weighted by molar-refractivity contribution is -0.150. The number of methoxy groups -OCH3 is 2. The van der Waals surface area contributed by atoms with Crippen LogP contribution in [-0.2, 0) is 20.7 Å². The van der Waals surface area contributed by atoms with Gasteiger partial charge in [-0.1, -0.05) is 0 Å². The second-order valence-corrected chi connectivity index (χ2v) is 3.93. The molecule has 0 saturated heterocycles. The molecule has 0 bridgehead atoms. The molecule has 16 heavy (non-hydrogen) atoms. The molecule has 1 atom stereocenters. The zero-order valence-corrected chi connectivity index (χ0v) is 9.74. The molecule has 6 heteroatoms. The standard InChI is InChI=1S/C10H12O5S/c1-14-9(12)7(11)5-6-3-4-16-8(6)10(13)15-2/h3-4,7,11H,5H2,1-2H3. The van der Waals surface area contributed by atoms with Gasteiger partial charge in [0.05, 0.1) is 14.2 Å². The first-order valence-corrected chi connectivity index (χ1v) is 5.38. The highest BCUT2D eigenvalue weighted by Crippen LogP contribution is 2.19. The van der Waals surface area contributed by atoms with Gasteiger partial charge in [-0.3, -0.25) is 0 Å². The van der Waals surface area contributed by atoms with Crippen molar-refractivity contribution in [3.63, 3.8) is 0 Å². The fourth-order valence-electron chi connectivity index (χ4n) is 1.20. The summed E-state index contributed by atoms with van der Waals surface area (Å²) in [6.45, 7) is 0. The molecular formula is C10H12O5S. The molecule has 0 fully saturated rings. The van der Waals surface area contributed by atoms with Crippen LogP contribution in [-0.4, -0.2) is 37.4 Å². The minimum absolute atomic E-state index is 0.0423. The van der Waals surface area contributed by atoms with E-state index in [9.17, 15) is 14.7 Å². The summed E-state index contributed by atoms with van der Waals surface area (Å²) in [4.78, 5) is 22.7. The molecule has 1 rings (SSSR count). The molecule has 1 aromatic heterocycles. The average Bonchev–Trinajstić information content (AvgIpc) is 2.74. The molecule has 5 nitrogen and oxygen atoms in total. The molecule has 0 aliphatic rings. The van der Waals surface area contributed by atoms with E-state index < -0.39 is 18.0 Å². The number of thiophene rings is 1. The van der Waals surface area contributed by atoms with Crippen LogP contribution < -0.4 is 0 Å². The monoisotopic (exact) mass is 244 g/mol. The Morgan fingerprint density at radius 1 is 1.44 bits per heavy atom. The van der Waals surface area contributed by atoms with E-state index in [0.717, 1.165) is 0 Å². The quantitative estimate of drug-likeness (QED) is 0.786. The fraction of sp³-hybridized carbons (Fsp3) is 0.400. The molecule has 0 spiro atoms. The highest BCUT2D eigenvalue weighted by molar-refractivity contribution is 7.12. The number of carbonyl (C=O) groups is 2. The van der Waals surface area contributed by atoms with E-state index in [-0.39, 0.29) is 6.42 Å². The molecule has 0 amide bonds. The lowest BCUT2D eigenvalue weighted by Gasteiger charge is -2.07. The summed E-state index contributed by atoms with van der Waals surface area (Å²) in [6, 6.07) is 1.67. The lowest BCUT2D eigenvalue weighted by Crippen LogP contribution is -2.24. The molecule has 1 N–H and O–H groups in total. The van der Waals surface area contributed by atoms with Crippen molar-refractivity contribution in [2.75, 3.05) is 14.2 Å². The predicted octanol–water partition coefficient (Wildman–Crippen LogP) is 0.611.